The van der Waals surface area contributed by atoms with Crippen molar-refractivity contribution in [1.82, 2.24) is 5.32 Å². The van der Waals surface area contributed by atoms with Gasteiger partial charge in [-0.3, -0.25) is 5.32 Å². The van der Waals surface area contributed by atoms with Gasteiger partial charge in [-0.1, -0.05) is 12.8 Å². The highest BCUT2D eigenvalue weighted by atomic mass is 32.2. The highest BCUT2D eigenvalue weighted by Crippen LogP contribution is 2.25. The molecule has 0 aliphatic heterocycles. The number of hydrogen-bond donors (Lipinski definition) is 3. The fraction of sp³-hybridized carbons (Fsp3) is 1.00. The van der Waals surface area contributed by atoms with Crippen LogP contribution >= 0.6 is 24.4 Å². The van der Waals surface area contributed by atoms with E-state index >= 15 is 0 Å². The highest BCUT2D eigenvalue weighted by molar-refractivity contribution is 7.99. The first-order valence-corrected chi connectivity index (χ1v) is 9.18. The number of thioether (sulfide) groups is 1. The Morgan fingerprint density at radius 3 is 2.04 bits per heavy atom. The standard InChI is InChI=1S/C13H24F6N2S2/c14-12(15,16)10(20)5-2-4-8-23-9-21-11(13(17,18)19)6-1-3-7-22/h10-11,21-22H,1-9,20H2. The first kappa shape index (κ1) is 23.2. The van der Waals surface area contributed by atoms with Gasteiger partial charge in [-0.2, -0.15) is 39.0 Å². The van der Waals surface area contributed by atoms with Gasteiger partial charge < -0.3 is 5.73 Å². The van der Waals surface area contributed by atoms with Gasteiger partial charge in [0.15, 0.2) is 0 Å². The number of nitrogens with one attached hydrogen (secondary N) is 1. The SMILES string of the molecule is NC(CCCCSCNC(CCCCS)C(F)(F)F)C(F)(F)F. The Morgan fingerprint density at radius 1 is 0.913 bits per heavy atom. The molecule has 0 aliphatic carbocycles. The zero-order valence-corrected chi connectivity index (χ0v) is 14.4. The van der Waals surface area contributed by atoms with Crippen LogP contribution in [-0.2, 0) is 0 Å². The zero-order valence-electron chi connectivity index (χ0n) is 12.7. The van der Waals surface area contributed by atoms with Crippen molar-refractivity contribution < 1.29 is 26.3 Å². The van der Waals surface area contributed by atoms with Crippen LogP contribution in [0.5, 0.6) is 0 Å². The van der Waals surface area contributed by atoms with E-state index in [1.54, 1.807) is 0 Å². The lowest BCUT2D eigenvalue weighted by molar-refractivity contribution is -0.156. The van der Waals surface area contributed by atoms with Crippen LogP contribution in [0.15, 0.2) is 0 Å². The van der Waals surface area contributed by atoms with Crippen molar-refractivity contribution in [2.45, 2.75) is 63.0 Å². The lowest BCUT2D eigenvalue weighted by Gasteiger charge is -2.21. The third-order valence-corrected chi connectivity index (χ3v) is 4.47. The average molecular weight is 386 g/mol. The molecule has 0 aliphatic rings. The van der Waals surface area contributed by atoms with Crippen LogP contribution in [-0.4, -0.2) is 41.8 Å². The summed E-state index contributed by atoms with van der Waals surface area (Å²) in [7, 11) is 0. The molecule has 0 saturated heterocycles. The summed E-state index contributed by atoms with van der Waals surface area (Å²) in [5.74, 6) is 1.18. The van der Waals surface area contributed by atoms with Crippen molar-refractivity contribution in [2.24, 2.45) is 5.73 Å². The smallest absolute Gasteiger partial charge is 0.320 e. The van der Waals surface area contributed by atoms with E-state index in [0.29, 0.717) is 37.2 Å². The van der Waals surface area contributed by atoms with Gasteiger partial charge in [0.25, 0.3) is 0 Å². The van der Waals surface area contributed by atoms with Crippen molar-refractivity contribution >= 4 is 24.4 Å². The molecular formula is C13H24F6N2S2. The molecule has 0 aromatic carbocycles. The predicted molar refractivity (Wildman–Crippen MR) is 85.9 cm³/mol. The molecule has 2 unspecified atom stereocenters. The minimum absolute atomic E-state index is 0.00502. The van der Waals surface area contributed by atoms with Gasteiger partial charge in [-0.25, -0.2) is 0 Å². The van der Waals surface area contributed by atoms with Crippen LogP contribution in [0.25, 0.3) is 0 Å². The molecule has 0 radical (unpaired) electrons. The van der Waals surface area contributed by atoms with Crippen LogP contribution in [0.1, 0.15) is 38.5 Å². The fourth-order valence-electron chi connectivity index (χ4n) is 1.81. The Labute approximate surface area is 142 Å². The molecule has 0 rings (SSSR count). The third kappa shape index (κ3) is 12.2. The Bertz CT molecular complexity index is 299. The maximum Gasteiger partial charge on any atom is 0.403 e. The minimum atomic E-state index is -4.39. The van der Waals surface area contributed by atoms with Gasteiger partial charge in [0, 0.05) is 5.88 Å². The molecule has 23 heavy (non-hydrogen) atoms. The van der Waals surface area contributed by atoms with Gasteiger partial charge in [0.2, 0.25) is 0 Å². The summed E-state index contributed by atoms with van der Waals surface area (Å²) in [6, 6.07) is -3.37. The van der Waals surface area contributed by atoms with Crippen molar-refractivity contribution in [1.29, 1.82) is 0 Å². The van der Waals surface area contributed by atoms with E-state index in [4.69, 9.17) is 5.73 Å². The van der Waals surface area contributed by atoms with Crippen LogP contribution < -0.4 is 11.1 Å². The maximum absolute atomic E-state index is 12.8. The van der Waals surface area contributed by atoms with E-state index < -0.39 is 24.4 Å². The molecular weight excluding hydrogens is 362 g/mol. The topological polar surface area (TPSA) is 38.0 Å². The Morgan fingerprint density at radius 2 is 1.52 bits per heavy atom. The molecule has 10 heteroatoms. The molecule has 0 heterocycles. The van der Waals surface area contributed by atoms with E-state index in [1.165, 1.54) is 11.8 Å². The number of rotatable bonds is 12. The summed E-state index contributed by atoms with van der Waals surface area (Å²) < 4.78 is 74.8. The number of hydrogen-bond acceptors (Lipinski definition) is 4. The molecule has 2 atom stereocenters. The number of halogens is 6. The normalized spacial score (nSPS) is 15.7. The van der Waals surface area contributed by atoms with E-state index in [-0.39, 0.29) is 18.7 Å². The number of unbranched alkanes of at least 4 members (excludes halogenated alkanes) is 2. The maximum atomic E-state index is 12.8. The Hall–Kier alpha value is 0.200. The van der Waals surface area contributed by atoms with Crippen molar-refractivity contribution in [3.05, 3.63) is 0 Å². The van der Waals surface area contributed by atoms with Gasteiger partial charge >= 0.3 is 12.4 Å². The third-order valence-electron chi connectivity index (χ3n) is 3.20. The van der Waals surface area contributed by atoms with Crippen LogP contribution in [0.2, 0.25) is 0 Å². The molecule has 0 bridgehead atoms. The summed E-state index contributed by atoms with van der Waals surface area (Å²) in [4.78, 5) is 0. The Kier molecular flexibility index (Phi) is 11.8. The highest BCUT2D eigenvalue weighted by Gasteiger charge is 2.38. The summed E-state index contributed by atoms with van der Waals surface area (Å²) >= 11 is 5.21. The summed E-state index contributed by atoms with van der Waals surface area (Å²) in [6.45, 7) is 0. The van der Waals surface area contributed by atoms with E-state index in [2.05, 4.69) is 17.9 Å². The second-order valence-corrected chi connectivity index (χ2v) is 6.77. The monoisotopic (exact) mass is 386 g/mol. The first-order chi connectivity index (χ1) is 10.6. The molecule has 0 saturated carbocycles. The molecule has 0 aromatic heterocycles. The second-order valence-electron chi connectivity index (χ2n) is 5.21. The van der Waals surface area contributed by atoms with E-state index in [9.17, 15) is 26.3 Å². The number of thiol groups is 1. The molecule has 2 nitrogen and oxygen atoms in total. The lowest BCUT2D eigenvalue weighted by atomic mass is 10.1. The van der Waals surface area contributed by atoms with E-state index in [1.807, 2.05) is 0 Å². The lowest BCUT2D eigenvalue weighted by Crippen LogP contribution is -2.42. The van der Waals surface area contributed by atoms with Gasteiger partial charge in [0.05, 0.1) is 0 Å². The van der Waals surface area contributed by atoms with Crippen LogP contribution in [0.3, 0.4) is 0 Å². The van der Waals surface area contributed by atoms with Crippen LogP contribution in [0, 0.1) is 0 Å². The number of nitrogens with two attached hydrogens (primary N) is 1. The Balaban J connectivity index is 3.78. The van der Waals surface area contributed by atoms with E-state index in [0.717, 1.165) is 0 Å². The summed E-state index contributed by atoms with van der Waals surface area (Å²) in [6.07, 6.45) is -6.97. The molecule has 0 spiro atoms. The molecule has 0 amide bonds. The van der Waals surface area contributed by atoms with Gasteiger partial charge in [0.1, 0.15) is 12.1 Å². The van der Waals surface area contributed by atoms with Gasteiger partial charge in [-0.15, -0.1) is 11.8 Å². The van der Waals surface area contributed by atoms with Crippen molar-refractivity contribution in [3.63, 3.8) is 0 Å². The summed E-state index contributed by atoms with van der Waals surface area (Å²) in [5.41, 5.74) is 4.96. The molecule has 0 aromatic rings. The average Bonchev–Trinajstić information content (AvgIpc) is 2.41. The summed E-state index contributed by atoms with van der Waals surface area (Å²) in [5, 5.41) is 2.45. The van der Waals surface area contributed by atoms with Crippen LogP contribution in [0.4, 0.5) is 26.3 Å². The predicted octanol–water partition coefficient (Wildman–Crippen LogP) is 4.36. The second kappa shape index (κ2) is 11.7. The molecule has 3 N–H and O–H groups in total. The molecule has 0 fully saturated rings. The number of alkyl halides is 6. The van der Waals surface area contributed by atoms with Crippen molar-refractivity contribution in [2.75, 3.05) is 17.4 Å². The first-order valence-electron chi connectivity index (χ1n) is 7.40. The minimum Gasteiger partial charge on any atom is -0.320 e. The zero-order chi connectivity index (χ0) is 17.9. The van der Waals surface area contributed by atoms with Crippen molar-refractivity contribution in [3.8, 4) is 0 Å². The quantitative estimate of drug-likeness (QED) is 0.202. The molecule has 140 valence electrons. The van der Waals surface area contributed by atoms with Gasteiger partial charge in [-0.05, 0) is 37.2 Å². The largest absolute Gasteiger partial charge is 0.403 e. The fourth-order valence-corrected chi connectivity index (χ4v) is 2.90.